The highest BCUT2D eigenvalue weighted by Gasteiger charge is 2.00. The lowest BCUT2D eigenvalue weighted by Gasteiger charge is -2.03. The zero-order valence-electron chi connectivity index (χ0n) is 10.7. The molecule has 3 heteroatoms. The Morgan fingerprint density at radius 2 is 1.37 bits per heavy atom. The van der Waals surface area contributed by atoms with Crippen LogP contribution in [0.2, 0.25) is 0 Å². The Hall–Kier alpha value is -2.29. The number of carbonyl (C=O) groups excluding carboxylic acids is 1. The van der Waals surface area contributed by atoms with Crippen LogP contribution in [0.4, 0.5) is 0 Å². The van der Waals surface area contributed by atoms with Gasteiger partial charge in [0.25, 0.3) is 0 Å². The van der Waals surface area contributed by atoms with E-state index < -0.39 is 5.91 Å². The Morgan fingerprint density at radius 3 is 1.84 bits per heavy atom. The number of rotatable bonds is 5. The number of hydrogen-bond acceptors (Lipinski definition) is 2. The molecule has 0 spiro atoms. The van der Waals surface area contributed by atoms with Crippen molar-refractivity contribution in [1.82, 2.24) is 0 Å². The normalized spacial score (nSPS) is 10.3. The molecular weight excluding hydrogens is 238 g/mol. The number of primary amides is 1. The van der Waals surface area contributed by atoms with E-state index >= 15 is 0 Å². The molecule has 0 radical (unpaired) electrons. The van der Waals surface area contributed by atoms with Crippen LogP contribution >= 0.6 is 0 Å². The molecule has 2 aromatic carbocycles. The predicted octanol–water partition coefficient (Wildman–Crippen LogP) is 2.67. The first kappa shape index (κ1) is 13.1. The monoisotopic (exact) mass is 255 g/mol. The van der Waals surface area contributed by atoms with Crippen LogP contribution in [0.1, 0.15) is 27.9 Å². The Labute approximate surface area is 112 Å². The highest BCUT2D eigenvalue weighted by Crippen LogP contribution is 2.13. The smallest absolute Gasteiger partial charge is 0.248 e. The van der Waals surface area contributed by atoms with E-state index in [1.54, 1.807) is 24.3 Å². The summed E-state index contributed by atoms with van der Waals surface area (Å²) in [7, 11) is 0. The van der Waals surface area contributed by atoms with Gasteiger partial charge in [0, 0.05) is 5.56 Å². The van der Waals surface area contributed by atoms with Gasteiger partial charge in [0.05, 0.1) is 0 Å². The molecule has 0 unspecified atom stereocenters. The molecule has 3 N–H and O–H groups in total. The van der Waals surface area contributed by atoms with E-state index in [0.29, 0.717) is 11.3 Å². The van der Waals surface area contributed by atoms with E-state index in [-0.39, 0.29) is 0 Å². The van der Waals surface area contributed by atoms with Crippen LogP contribution in [-0.4, -0.2) is 11.0 Å². The largest absolute Gasteiger partial charge is 0.508 e. The summed E-state index contributed by atoms with van der Waals surface area (Å²) in [5, 5.41) is 9.19. The molecule has 0 fully saturated rings. The molecule has 2 rings (SSSR count). The maximum atomic E-state index is 10.9. The van der Waals surface area contributed by atoms with E-state index in [2.05, 4.69) is 0 Å². The summed E-state index contributed by atoms with van der Waals surface area (Å²) in [5.74, 6) is -0.0959. The predicted molar refractivity (Wildman–Crippen MR) is 75.1 cm³/mol. The average molecular weight is 255 g/mol. The lowest BCUT2D eigenvalue weighted by Crippen LogP contribution is -2.10. The van der Waals surface area contributed by atoms with Crippen molar-refractivity contribution in [2.24, 2.45) is 5.73 Å². The van der Waals surface area contributed by atoms with Crippen molar-refractivity contribution >= 4 is 5.91 Å². The quantitative estimate of drug-likeness (QED) is 0.862. The number of benzene rings is 2. The van der Waals surface area contributed by atoms with Gasteiger partial charge in [-0.1, -0.05) is 24.3 Å². The minimum absolute atomic E-state index is 0.297. The Balaban J connectivity index is 1.85. The SMILES string of the molecule is NC(=O)c1ccc(CCCc2ccc(O)cc2)cc1. The third-order valence-electron chi connectivity index (χ3n) is 3.11. The molecule has 0 aliphatic heterocycles. The number of carbonyl (C=O) groups is 1. The topological polar surface area (TPSA) is 63.3 Å². The summed E-state index contributed by atoms with van der Waals surface area (Å²) < 4.78 is 0. The number of phenols is 1. The van der Waals surface area contributed by atoms with Gasteiger partial charge in [-0.25, -0.2) is 0 Å². The van der Waals surface area contributed by atoms with Crippen LogP contribution in [-0.2, 0) is 12.8 Å². The van der Waals surface area contributed by atoms with Gasteiger partial charge < -0.3 is 10.8 Å². The first-order valence-electron chi connectivity index (χ1n) is 6.32. The molecule has 0 heterocycles. The van der Waals surface area contributed by atoms with Crippen LogP contribution < -0.4 is 5.73 Å². The van der Waals surface area contributed by atoms with Gasteiger partial charge in [0.15, 0.2) is 0 Å². The molecule has 0 atom stereocenters. The molecule has 0 aliphatic carbocycles. The fourth-order valence-electron chi connectivity index (χ4n) is 1.99. The van der Waals surface area contributed by atoms with Crippen molar-refractivity contribution < 1.29 is 9.90 Å². The first-order valence-corrected chi connectivity index (χ1v) is 6.32. The lowest BCUT2D eigenvalue weighted by atomic mass is 10.0. The van der Waals surface area contributed by atoms with Gasteiger partial charge in [-0.15, -0.1) is 0 Å². The van der Waals surface area contributed by atoms with Crippen LogP contribution in [0.5, 0.6) is 5.75 Å². The summed E-state index contributed by atoms with van der Waals surface area (Å²) in [6.45, 7) is 0. The molecule has 0 bridgehead atoms. The minimum Gasteiger partial charge on any atom is -0.508 e. The molecule has 1 amide bonds. The van der Waals surface area contributed by atoms with E-state index in [4.69, 9.17) is 5.73 Å². The second-order valence-corrected chi connectivity index (χ2v) is 4.58. The third kappa shape index (κ3) is 3.85. The Bertz CT molecular complexity index is 544. The maximum Gasteiger partial charge on any atom is 0.248 e. The fourth-order valence-corrected chi connectivity index (χ4v) is 1.99. The van der Waals surface area contributed by atoms with Crippen molar-refractivity contribution in [3.05, 3.63) is 65.2 Å². The third-order valence-corrected chi connectivity index (χ3v) is 3.11. The number of aromatic hydroxyl groups is 1. The van der Waals surface area contributed by atoms with Crippen LogP contribution in [0.15, 0.2) is 48.5 Å². The fraction of sp³-hybridized carbons (Fsp3) is 0.188. The first-order chi connectivity index (χ1) is 9.15. The molecule has 0 saturated heterocycles. The van der Waals surface area contributed by atoms with E-state index in [9.17, 15) is 9.90 Å². The number of phenolic OH excluding ortho intramolecular Hbond substituents is 1. The van der Waals surface area contributed by atoms with Gasteiger partial charge in [-0.05, 0) is 54.7 Å². The van der Waals surface area contributed by atoms with Gasteiger partial charge in [0.2, 0.25) is 5.91 Å². The molecule has 0 aliphatic rings. The van der Waals surface area contributed by atoms with Crippen molar-refractivity contribution in [2.75, 3.05) is 0 Å². The second kappa shape index (κ2) is 6.05. The Morgan fingerprint density at radius 1 is 0.895 bits per heavy atom. The second-order valence-electron chi connectivity index (χ2n) is 4.58. The summed E-state index contributed by atoms with van der Waals surface area (Å²) in [6, 6.07) is 14.7. The number of nitrogens with two attached hydrogens (primary N) is 1. The molecule has 19 heavy (non-hydrogen) atoms. The van der Waals surface area contributed by atoms with Crippen LogP contribution in [0.3, 0.4) is 0 Å². The number of amides is 1. The van der Waals surface area contributed by atoms with Gasteiger partial charge in [0.1, 0.15) is 5.75 Å². The number of aryl methyl sites for hydroxylation is 2. The van der Waals surface area contributed by atoms with E-state index in [0.717, 1.165) is 19.3 Å². The molecule has 2 aromatic rings. The molecule has 0 aromatic heterocycles. The van der Waals surface area contributed by atoms with Crippen molar-refractivity contribution in [3.63, 3.8) is 0 Å². The summed E-state index contributed by atoms with van der Waals surface area (Å²) in [4.78, 5) is 10.9. The van der Waals surface area contributed by atoms with Crippen LogP contribution in [0, 0.1) is 0 Å². The zero-order chi connectivity index (χ0) is 13.7. The van der Waals surface area contributed by atoms with Crippen molar-refractivity contribution in [1.29, 1.82) is 0 Å². The standard InChI is InChI=1S/C16H17NO2/c17-16(19)14-8-4-12(5-9-14)2-1-3-13-6-10-15(18)11-7-13/h4-11,18H,1-3H2,(H2,17,19). The summed E-state index contributed by atoms with van der Waals surface area (Å²) in [6.07, 6.45) is 2.96. The minimum atomic E-state index is -0.393. The molecule has 98 valence electrons. The van der Waals surface area contributed by atoms with Gasteiger partial charge in [-0.3, -0.25) is 4.79 Å². The maximum absolute atomic E-state index is 10.9. The lowest BCUT2D eigenvalue weighted by molar-refractivity contribution is 0.100. The highest BCUT2D eigenvalue weighted by molar-refractivity contribution is 5.92. The average Bonchev–Trinajstić information content (AvgIpc) is 2.41. The van der Waals surface area contributed by atoms with E-state index in [1.165, 1.54) is 11.1 Å². The number of hydrogen-bond donors (Lipinski definition) is 2. The highest BCUT2D eigenvalue weighted by atomic mass is 16.3. The molecule has 0 saturated carbocycles. The molecular formula is C16H17NO2. The van der Waals surface area contributed by atoms with Crippen molar-refractivity contribution in [2.45, 2.75) is 19.3 Å². The van der Waals surface area contributed by atoms with Gasteiger partial charge >= 0.3 is 0 Å². The van der Waals surface area contributed by atoms with Gasteiger partial charge in [-0.2, -0.15) is 0 Å². The Kier molecular flexibility index (Phi) is 4.18. The van der Waals surface area contributed by atoms with Crippen molar-refractivity contribution in [3.8, 4) is 5.75 Å². The van der Waals surface area contributed by atoms with Crippen LogP contribution in [0.25, 0.3) is 0 Å². The summed E-state index contributed by atoms with van der Waals surface area (Å²) in [5.41, 5.74) is 8.15. The zero-order valence-corrected chi connectivity index (χ0v) is 10.7. The molecule has 3 nitrogen and oxygen atoms in total. The van der Waals surface area contributed by atoms with E-state index in [1.807, 2.05) is 24.3 Å². The summed E-state index contributed by atoms with van der Waals surface area (Å²) >= 11 is 0.